The van der Waals surface area contributed by atoms with Gasteiger partial charge >= 0.3 is 0 Å². The number of rotatable bonds is 6. The minimum Gasteiger partial charge on any atom is -0.395 e. The summed E-state index contributed by atoms with van der Waals surface area (Å²) in [6, 6.07) is 3.80. The van der Waals surface area contributed by atoms with Crippen LogP contribution in [-0.2, 0) is 9.53 Å². The Morgan fingerprint density at radius 1 is 1.30 bits per heavy atom. The van der Waals surface area contributed by atoms with E-state index in [4.69, 9.17) is 9.84 Å². The molecule has 1 saturated heterocycles. The van der Waals surface area contributed by atoms with Gasteiger partial charge in [-0.25, -0.2) is 4.98 Å². The lowest BCUT2D eigenvalue weighted by Gasteiger charge is -2.34. The predicted molar refractivity (Wildman–Crippen MR) is 116 cm³/mol. The molecule has 0 aromatic carbocycles. The monoisotopic (exact) mass is 431 g/mol. The maximum Gasteiger partial charge on any atom is 0.261 e. The second-order valence-electron chi connectivity index (χ2n) is 8.09. The van der Waals surface area contributed by atoms with E-state index in [0.717, 1.165) is 28.6 Å². The Bertz CT molecular complexity index is 894. The van der Waals surface area contributed by atoms with Gasteiger partial charge in [0.05, 0.1) is 19.8 Å². The fourth-order valence-electron chi connectivity index (χ4n) is 4.51. The highest BCUT2D eigenvalue weighted by atomic mass is 32.1. The van der Waals surface area contributed by atoms with E-state index in [0.29, 0.717) is 36.9 Å². The third-order valence-corrected chi connectivity index (χ3v) is 7.17. The zero-order valence-corrected chi connectivity index (χ0v) is 18.0. The van der Waals surface area contributed by atoms with Gasteiger partial charge in [-0.05, 0) is 24.8 Å². The van der Waals surface area contributed by atoms with Gasteiger partial charge in [0.2, 0.25) is 5.91 Å². The molecule has 0 spiro atoms. The van der Waals surface area contributed by atoms with Crippen molar-refractivity contribution in [2.24, 2.45) is 5.92 Å². The fraction of sp³-hybridized carbons (Fsp3) is 0.591. The van der Waals surface area contributed by atoms with E-state index in [-0.39, 0.29) is 31.1 Å². The zero-order valence-electron chi connectivity index (χ0n) is 17.1. The molecule has 2 aromatic heterocycles. The number of ether oxygens (including phenoxy) is 1. The summed E-state index contributed by atoms with van der Waals surface area (Å²) in [7, 11) is 0. The molecule has 0 bridgehead atoms. The average Bonchev–Trinajstić information content (AvgIpc) is 3.18. The van der Waals surface area contributed by atoms with E-state index in [2.05, 4.69) is 10.3 Å². The third kappa shape index (κ3) is 4.66. The van der Waals surface area contributed by atoms with Gasteiger partial charge in [0.15, 0.2) is 0 Å². The highest BCUT2D eigenvalue weighted by Crippen LogP contribution is 2.37. The number of pyridine rings is 1. The van der Waals surface area contributed by atoms with Crippen LogP contribution in [0.5, 0.6) is 0 Å². The topological polar surface area (TPSA) is 91.8 Å². The molecular weight excluding hydrogens is 402 g/mol. The first-order valence-electron chi connectivity index (χ1n) is 10.8. The molecule has 1 aliphatic carbocycles. The van der Waals surface area contributed by atoms with Crippen molar-refractivity contribution < 1.29 is 19.4 Å². The normalized spacial score (nSPS) is 20.4. The molecule has 0 unspecified atom stereocenters. The number of aliphatic hydroxyl groups excluding tert-OH is 1. The fourth-order valence-corrected chi connectivity index (χ4v) is 5.62. The lowest BCUT2D eigenvalue weighted by atomic mass is 9.86. The summed E-state index contributed by atoms with van der Waals surface area (Å²) < 4.78 is 6.05. The van der Waals surface area contributed by atoms with Crippen molar-refractivity contribution in [3.63, 3.8) is 0 Å². The first-order chi connectivity index (χ1) is 14.7. The zero-order chi connectivity index (χ0) is 20.9. The molecule has 2 fully saturated rings. The highest BCUT2D eigenvalue weighted by Gasteiger charge is 2.32. The highest BCUT2D eigenvalue weighted by molar-refractivity contribution is 7.20. The molecule has 7 nitrogen and oxygen atoms in total. The van der Waals surface area contributed by atoms with Crippen LogP contribution in [0, 0.1) is 5.92 Å². The molecule has 30 heavy (non-hydrogen) atoms. The van der Waals surface area contributed by atoms with E-state index in [1.54, 1.807) is 6.20 Å². The number of nitrogens with one attached hydrogen (secondary N) is 1. The van der Waals surface area contributed by atoms with Gasteiger partial charge in [-0.2, -0.15) is 0 Å². The molecule has 2 amide bonds. The number of carbonyl (C=O) groups excluding carboxylic acids is 2. The van der Waals surface area contributed by atoms with Crippen LogP contribution in [0.25, 0.3) is 10.2 Å². The number of hydrogen-bond acceptors (Lipinski definition) is 6. The van der Waals surface area contributed by atoms with E-state index >= 15 is 0 Å². The molecule has 1 atom stereocenters. The van der Waals surface area contributed by atoms with Crippen LogP contribution in [0.1, 0.15) is 59.9 Å². The van der Waals surface area contributed by atoms with Crippen LogP contribution in [0.2, 0.25) is 0 Å². The van der Waals surface area contributed by atoms with Crippen molar-refractivity contribution in [2.75, 3.05) is 32.8 Å². The SMILES string of the molecule is O=C(NCCO)c1sc2ncccc2c1[C@@H]1CN(C(=O)CC2CCCCC2)CCO1. The Labute approximate surface area is 180 Å². The van der Waals surface area contributed by atoms with Crippen LogP contribution in [0.4, 0.5) is 0 Å². The third-order valence-electron chi connectivity index (χ3n) is 6.04. The number of carbonyl (C=O) groups is 2. The van der Waals surface area contributed by atoms with Crippen LogP contribution in [0.3, 0.4) is 0 Å². The second-order valence-corrected chi connectivity index (χ2v) is 9.09. The number of aliphatic hydroxyl groups is 1. The maximum atomic E-state index is 13.0. The molecule has 3 heterocycles. The molecule has 2 N–H and O–H groups in total. The number of aromatic nitrogens is 1. The predicted octanol–water partition coefficient (Wildman–Crippen LogP) is 2.89. The smallest absolute Gasteiger partial charge is 0.261 e. The van der Waals surface area contributed by atoms with E-state index in [9.17, 15) is 9.59 Å². The lowest BCUT2D eigenvalue weighted by Crippen LogP contribution is -2.43. The van der Waals surface area contributed by atoms with Gasteiger partial charge < -0.3 is 20.1 Å². The minimum atomic E-state index is -0.359. The summed E-state index contributed by atoms with van der Waals surface area (Å²) in [5, 5.41) is 12.7. The number of morpholine rings is 1. The Morgan fingerprint density at radius 2 is 2.13 bits per heavy atom. The Morgan fingerprint density at radius 3 is 2.93 bits per heavy atom. The van der Waals surface area contributed by atoms with E-state index in [1.165, 1.54) is 30.6 Å². The van der Waals surface area contributed by atoms with E-state index < -0.39 is 0 Å². The summed E-state index contributed by atoms with van der Waals surface area (Å²) in [6.07, 6.45) is 7.99. The molecular formula is C22H29N3O4S. The average molecular weight is 432 g/mol. The number of fused-ring (bicyclic) bond motifs is 1. The quantitative estimate of drug-likeness (QED) is 0.734. The van der Waals surface area contributed by atoms with Gasteiger partial charge in [-0.1, -0.05) is 25.3 Å². The number of thiophene rings is 1. The number of hydrogen-bond donors (Lipinski definition) is 2. The van der Waals surface area contributed by atoms with Gasteiger partial charge in [-0.3, -0.25) is 9.59 Å². The summed E-state index contributed by atoms with van der Waals surface area (Å²) in [6.45, 7) is 1.57. The largest absolute Gasteiger partial charge is 0.395 e. The van der Waals surface area contributed by atoms with Gasteiger partial charge in [-0.15, -0.1) is 11.3 Å². The Hall–Kier alpha value is -2.03. The van der Waals surface area contributed by atoms with Crippen molar-refractivity contribution in [3.05, 3.63) is 28.8 Å². The first kappa shape index (κ1) is 21.2. The molecule has 2 aromatic rings. The van der Waals surface area contributed by atoms with Crippen LogP contribution in [0.15, 0.2) is 18.3 Å². The Kier molecular flexibility index (Phi) is 6.97. The molecule has 4 rings (SSSR count). The van der Waals surface area contributed by atoms with Crippen molar-refractivity contribution >= 4 is 33.4 Å². The first-order valence-corrected chi connectivity index (χ1v) is 11.6. The van der Waals surface area contributed by atoms with Crippen molar-refractivity contribution in [3.8, 4) is 0 Å². The van der Waals surface area contributed by atoms with Gasteiger partial charge in [0.1, 0.15) is 15.8 Å². The molecule has 2 aliphatic rings. The lowest BCUT2D eigenvalue weighted by molar-refractivity contribution is -0.140. The standard InChI is InChI=1S/C22H29N3O4S/c26-11-9-23-21(28)20-19(16-7-4-8-24-22(16)30-20)17-14-25(10-12-29-17)18(27)13-15-5-2-1-3-6-15/h4,7-8,15,17,26H,1-3,5-6,9-14H2,(H,23,28)/t17-/m0/s1. The molecule has 0 radical (unpaired) electrons. The number of nitrogens with zero attached hydrogens (tertiary/aromatic N) is 2. The van der Waals surface area contributed by atoms with Crippen molar-refractivity contribution in [1.82, 2.24) is 15.2 Å². The van der Waals surface area contributed by atoms with Crippen LogP contribution < -0.4 is 5.32 Å². The maximum absolute atomic E-state index is 13.0. The van der Waals surface area contributed by atoms with Crippen LogP contribution in [-0.4, -0.2) is 59.7 Å². The molecule has 1 aliphatic heterocycles. The summed E-state index contributed by atoms with van der Waals surface area (Å²) in [5.41, 5.74) is 0.800. The van der Waals surface area contributed by atoms with Gasteiger partial charge in [0, 0.05) is 36.7 Å². The van der Waals surface area contributed by atoms with Gasteiger partial charge in [0.25, 0.3) is 5.91 Å². The van der Waals surface area contributed by atoms with Crippen molar-refractivity contribution in [1.29, 1.82) is 0 Å². The molecule has 1 saturated carbocycles. The second kappa shape index (κ2) is 9.85. The van der Waals surface area contributed by atoms with E-state index in [1.807, 2.05) is 17.0 Å². The summed E-state index contributed by atoms with van der Waals surface area (Å²) >= 11 is 1.33. The minimum absolute atomic E-state index is 0.117. The Balaban J connectivity index is 1.55. The summed E-state index contributed by atoms with van der Waals surface area (Å²) in [4.78, 5) is 33.3. The van der Waals surface area contributed by atoms with Crippen molar-refractivity contribution in [2.45, 2.75) is 44.6 Å². The van der Waals surface area contributed by atoms with Crippen LogP contribution >= 0.6 is 11.3 Å². The molecule has 162 valence electrons. The number of amides is 2. The molecule has 8 heteroatoms. The summed E-state index contributed by atoms with van der Waals surface area (Å²) in [5.74, 6) is 0.453.